The Labute approximate surface area is 125 Å². The highest BCUT2D eigenvalue weighted by Crippen LogP contribution is 2.26. The van der Waals surface area contributed by atoms with E-state index in [0.29, 0.717) is 29.7 Å². The van der Waals surface area contributed by atoms with Gasteiger partial charge in [0.25, 0.3) is 0 Å². The monoisotopic (exact) mass is 292 g/mol. The minimum Gasteiger partial charge on any atom is -0.494 e. The molecule has 116 valence electrons. The molecule has 0 bridgehead atoms. The number of nitrogens with two attached hydrogens (primary N) is 1. The van der Waals surface area contributed by atoms with E-state index >= 15 is 0 Å². The number of nitrogen functional groups attached to an aromatic ring is 1. The number of anilines is 2. The zero-order valence-electron chi connectivity index (χ0n) is 12.9. The Balaban J connectivity index is 1.91. The highest BCUT2D eigenvalue weighted by molar-refractivity contribution is 5.94. The minimum absolute atomic E-state index is 0.0301. The maximum atomic E-state index is 12.1. The summed E-state index contributed by atoms with van der Waals surface area (Å²) in [5.41, 5.74) is 6.97. The number of likely N-dealkylation sites (tertiary alicyclic amines) is 1. The second kappa shape index (κ2) is 6.78. The zero-order chi connectivity index (χ0) is 15.4. The normalized spacial score (nSPS) is 19.0. The van der Waals surface area contributed by atoms with Gasteiger partial charge in [0.15, 0.2) is 0 Å². The fraction of sp³-hybridized carbons (Fsp3) is 0.533. The third-order valence-corrected chi connectivity index (χ3v) is 3.84. The number of hydrogen-bond acceptors (Lipinski definition) is 5. The standard InChI is InChI=1S/C15H24N4O2/c1-18(2)12-6-7-19(9-12)10-15(20)17-13-5-4-11(16)8-14(13)21-3/h4-5,8,12H,6-7,9-10,16H2,1-3H3,(H,17,20). The van der Waals surface area contributed by atoms with Gasteiger partial charge in [0.1, 0.15) is 5.75 Å². The number of amides is 1. The van der Waals surface area contributed by atoms with Crippen molar-refractivity contribution >= 4 is 17.3 Å². The molecule has 1 amide bonds. The summed E-state index contributed by atoms with van der Waals surface area (Å²) < 4.78 is 5.23. The molecule has 0 aromatic heterocycles. The smallest absolute Gasteiger partial charge is 0.238 e. The van der Waals surface area contributed by atoms with Crippen LogP contribution in [0.1, 0.15) is 6.42 Å². The van der Waals surface area contributed by atoms with Gasteiger partial charge in [0.2, 0.25) is 5.91 Å². The number of methoxy groups -OCH3 is 1. The van der Waals surface area contributed by atoms with Crippen molar-refractivity contribution in [2.45, 2.75) is 12.5 Å². The number of carbonyl (C=O) groups is 1. The number of nitrogens with one attached hydrogen (secondary N) is 1. The number of likely N-dealkylation sites (N-methyl/N-ethyl adjacent to an activating group) is 1. The topological polar surface area (TPSA) is 70.8 Å². The Kier molecular flexibility index (Phi) is 5.03. The predicted molar refractivity (Wildman–Crippen MR) is 84.6 cm³/mol. The molecule has 21 heavy (non-hydrogen) atoms. The van der Waals surface area contributed by atoms with Gasteiger partial charge in [-0.3, -0.25) is 9.69 Å². The first-order chi connectivity index (χ1) is 9.99. The van der Waals surface area contributed by atoms with E-state index < -0.39 is 0 Å². The summed E-state index contributed by atoms with van der Waals surface area (Å²) in [4.78, 5) is 16.5. The van der Waals surface area contributed by atoms with Crippen LogP contribution < -0.4 is 15.8 Å². The van der Waals surface area contributed by atoms with E-state index in [4.69, 9.17) is 10.5 Å². The van der Waals surface area contributed by atoms with Gasteiger partial charge < -0.3 is 20.7 Å². The van der Waals surface area contributed by atoms with Gasteiger partial charge in [-0.1, -0.05) is 0 Å². The molecule has 1 saturated heterocycles. The van der Waals surface area contributed by atoms with E-state index in [1.807, 2.05) is 0 Å². The highest BCUT2D eigenvalue weighted by Gasteiger charge is 2.25. The molecule has 1 aliphatic heterocycles. The summed E-state index contributed by atoms with van der Waals surface area (Å²) in [6.45, 7) is 2.28. The van der Waals surface area contributed by atoms with Gasteiger partial charge in [0.05, 0.1) is 19.3 Å². The molecule has 0 aliphatic carbocycles. The molecule has 0 radical (unpaired) electrons. The highest BCUT2D eigenvalue weighted by atomic mass is 16.5. The van der Waals surface area contributed by atoms with E-state index in [2.05, 4.69) is 29.2 Å². The van der Waals surface area contributed by atoms with Crippen molar-refractivity contribution in [1.29, 1.82) is 0 Å². The van der Waals surface area contributed by atoms with Crippen molar-refractivity contribution in [3.05, 3.63) is 18.2 Å². The van der Waals surface area contributed by atoms with Gasteiger partial charge in [-0.15, -0.1) is 0 Å². The summed E-state index contributed by atoms with van der Waals surface area (Å²) in [6, 6.07) is 5.74. The van der Waals surface area contributed by atoms with Gasteiger partial charge in [-0.05, 0) is 32.6 Å². The third-order valence-electron chi connectivity index (χ3n) is 3.84. The minimum atomic E-state index is -0.0301. The van der Waals surface area contributed by atoms with Crippen LogP contribution in [0.3, 0.4) is 0 Å². The average molecular weight is 292 g/mol. The van der Waals surface area contributed by atoms with E-state index in [1.54, 1.807) is 25.3 Å². The van der Waals surface area contributed by atoms with Crippen molar-refractivity contribution in [2.24, 2.45) is 0 Å². The van der Waals surface area contributed by atoms with Crippen molar-refractivity contribution in [3.63, 3.8) is 0 Å². The van der Waals surface area contributed by atoms with Crippen LogP contribution in [0.15, 0.2) is 18.2 Å². The van der Waals surface area contributed by atoms with Crippen LogP contribution in [0.4, 0.5) is 11.4 Å². The second-order valence-electron chi connectivity index (χ2n) is 5.65. The van der Waals surface area contributed by atoms with E-state index in [9.17, 15) is 4.79 Å². The molecule has 1 heterocycles. The first kappa shape index (κ1) is 15.6. The Morgan fingerprint density at radius 2 is 2.29 bits per heavy atom. The SMILES string of the molecule is COc1cc(N)ccc1NC(=O)CN1CCC(N(C)C)C1. The van der Waals surface area contributed by atoms with Crippen molar-refractivity contribution < 1.29 is 9.53 Å². The zero-order valence-corrected chi connectivity index (χ0v) is 12.9. The molecule has 0 spiro atoms. The molecule has 0 saturated carbocycles. The van der Waals surface area contributed by atoms with Crippen LogP contribution in [0.25, 0.3) is 0 Å². The van der Waals surface area contributed by atoms with Crippen LogP contribution in [0, 0.1) is 0 Å². The van der Waals surface area contributed by atoms with Crippen molar-refractivity contribution in [3.8, 4) is 5.75 Å². The van der Waals surface area contributed by atoms with Crippen molar-refractivity contribution in [2.75, 3.05) is 51.9 Å². The maximum Gasteiger partial charge on any atom is 0.238 e. The summed E-state index contributed by atoms with van der Waals surface area (Å²) in [7, 11) is 5.72. The molecule has 1 fully saturated rings. The summed E-state index contributed by atoms with van der Waals surface area (Å²) in [6.07, 6.45) is 1.10. The number of nitrogens with zero attached hydrogens (tertiary/aromatic N) is 2. The number of hydrogen-bond donors (Lipinski definition) is 2. The Bertz CT molecular complexity index is 504. The second-order valence-corrected chi connectivity index (χ2v) is 5.65. The Morgan fingerprint density at radius 3 is 2.90 bits per heavy atom. The summed E-state index contributed by atoms with van der Waals surface area (Å²) in [5.74, 6) is 0.549. The van der Waals surface area contributed by atoms with Crippen LogP contribution in [-0.4, -0.2) is 62.6 Å². The first-order valence-corrected chi connectivity index (χ1v) is 7.11. The summed E-state index contributed by atoms with van der Waals surface area (Å²) in [5, 5.41) is 2.88. The van der Waals surface area contributed by atoms with Gasteiger partial charge in [-0.25, -0.2) is 0 Å². The van der Waals surface area contributed by atoms with Gasteiger partial charge in [-0.2, -0.15) is 0 Å². The molecule has 1 aromatic carbocycles. The number of carbonyl (C=O) groups excluding carboxylic acids is 1. The lowest BCUT2D eigenvalue weighted by Gasteiger charge is -2.20. The molecule has 1 atom stereocenters. The lowest BCUT2D eigenvalue weighted by molar-refractivity contribution is -0.117. The van der Waals surface area contributed by atoms with Crippen LogP contribution in [-0.2, 0) is 4.79 Å². The first-order valence-electron chi connectivity index (χ1n) is 7.11. The largest absolute Gasteiger partial charge is 0.494 e. The quantitative estimate of drug-likeness (QED) is 0.787. The van der Waals surface area contributed by atoms with Crippen LogP contribution >= 0.6 is 0 Å². The molecule has 1 aliphatic rings. The number of benzene rings is 1. The summed E-state index contributed by atoms with van der Waals surface area (Å²) >= 11 is 0. The third kappa shape index (κ3) is 4.09. The van der Waals surface area contributed by atoms with E-state index in [1.165, 1.54) is 0 Å². The van der Waals surface area contributed by atoms with E-state index in [-0.39, 0.29) is 5.91 Å². The lowest BCUT2D eigenvalue weighted by atomic mass is 10.2. The molecule has 3 N–H and O–H groups in total. The molecular formula is C15H24N4O2. The Hall–Kier alpha value is -1.79. The molecule has 6 nitrogen and oxygen atoms in total. The fourth-order valence-electron chi connectivity index (χ4n) is 2.58. The van der Waals surface area contributed by atoms with Gasteiger partial charge in [0, 0.05) is 30.9 Å². The fourth-order valence-corrected chi connectivity index (χ4v) is 2.58. The molecular weight excluding hydrogens is 268 g/mol. The molecule has 1 unspecified atom stereocenters. The average Bonchev–Trinajstić information content (AvgIpc) is 2.89. The van der Waals surface area contributed by atoms with Crippen molar-refractivity contribution in [1.82, 2.24) is 9.80 Å². The van der Waals surface area contributed by atoms with Gasteiger partial charge >= 0.3 is 0 Å². The Morgan fingerprint density at radius 1 is 1.52 bits per heavy atom. The number of rotatable bonds is 5. The molecule has 1 aromatic rings. The maximum absolute atomic E-state index is 12.1. The van der Waals surface area contributed by atoms with Crippen LogP contribution in [0.5, 0.6) is 5.75 Å². The van der Waals surface area contributed by atoms with E-state index in [0.717, 1.165) is 19.5 Å². The lowest BCUT2D eigenvalue weighted by Crippen LogP contribution is -2.35. The number of ether oxygens (including phenoxy) is 1. The molecule has 2 rings (SSSR count). The van der Waals surface area contributed by atoms with Crippen LogP contribution in [0.2, 0.25) is 0 Å². The predicted octanol–water partition coefficient (Wildman–Crippen LogP) is 0.852. The molecule has 6 heteroatoms.